The lowest BCUT2D eigenvalue weighted by atomic mass is 10.3. The van der Waals surface area contributed by atoms with Crippen molar-refractivity contribution in [2.24, 2.45) is 7.05 Å². The molecule has 1 N–H and O–H groups in total. The fraction of sp³-hybridized carbons (Fsp3) is 0.556. The van der Waals surface area contributed by atoms with Gasteiger partial charge in [0.15, 0.2) is 0 Å². The predicted octanol–water partition coefficient (Wildman–Crippen LogP) is 0.755. The molecule has 1 amide bonds. The number of aryl methyl sites for hydroxylation is 2. The van der Waals surface area contributed by atoms with E-state index in [4.69, 9.17) is 0 Å². The molecule has 0 unspecified atom stereocenters. The van der Waals surface area contributed by atoms with Crippen LogP contribution in [0.2, 0.25) is 0 Å². The van der Waals surface area contributed by atoms with Crippen LogP contribution < -0.4 is 5.32 Å². The van der Waals surface area contributed by atoms with Gasteiger partial charge in [-0.3, -0.25) is 9.48 Å². The van der Waals surface area contributed by atoms with Crippen LogP contribution in [0.25, 0.3) is 0 Å². The first-order chi connectivity index (χ1) is 6.13. The largest absolute Gasteiger partial charge is 0.350 e. The molecule has 0 saturated carbocycles. The first kappa shape index (κ1) is 9.77. The zero-order chi connectivity index (χ0) is 9.84. The Hall–Kier alpha value is -1.32. The summed E-state index contributed by atoms with van der Waals surface area (Å²) in [7, 11) is 1.87. The van der Waals surface area contributed by atoms with Gasteiger partial charge in [-0.25, -0.2) is 0 Å². The summed E-state index contributed by atoms with van der Waals surface area (Å²) in [6, 6.07) is 0. The maximum absolute atomic E-state index is 11.0. The lowest BCUT2D eigenvalue weighted by Crippen LogP contribution is -2.22. The van der Waals surface area contributed by atoms with Gasteiger partial charge in [0.25, 0.3) is 0 Å². The Balaban J connectivity index is 2.54. The third-order valence-electron chi connectivity index (χ3n) is 1.89. The van der Waals surface area contributed by atoms with Crippen LogP contribution in [0.5, 0.6) is 0 Å². The number of carbonyl (C=O) groups excluding carboxylic acids is 1. The van der Waals surface area contributed by atoms with Crippen molar-refractivity contribution in [3.05, 3.63) is 17.5 Å². The summed E-state index contributed by atoms with van der Waals surface area (Å²) in [5, 5.41) is 7.01. The zero-order valence-electron chi connectivity index (χ0n) is 8.29. The first-order valence-electron chi connectivity index (χ1n) is 4.39. The van der Waals surface area contributed by atoms with Gasteiger partial charge in [0.2, 0.25) is 5.91 Å². The number of rotatable bonds is 3. The molecule has 0 aromatic carbocycles. The van der Waals surface area contributed by atoms with Crippen LogP contribution in [0.4, 0.5) is 0 Å². The van der Waals surface area contributed by atoms with Crippen LogP contribution in [-0.4, -0.2) is 15.7 Å². The minimum atomic E-state index is 0.0602. The molecule has 0 spiro atoms. The number of nitrogens with zero attached hydrogens (tertiary/aromatic N) is 2. The highest BCUT2D eigenvalue weighted by Crippen LogP contribution is 2.03. The molecule has 0 atom stereocenters. The Morgan fingerprint density at radius 1 is 1.69 bits per heavy atom. The maximum Gasteiger partial charge on any atom is 0.220 e. The van der Waals surface area contributed by atoms with Gasteiger partial charge in [-0.05, 0) is 12.5 Å². The van der Waals surface area contributed by atoms with Gasteiger partial charge in [0.05, 0.1) is 12.2 Å². The van der Waals surface area contributed by atoms with Gasteiger partial charge in [0.1, 0.15) is 0 Å². The Morgan fingerprint density at radius 2 is 2.38 bits per heavy atom. The lowest BCUT2D eigenvalue weighted by molar-refractivity contribution is -0.120. The topological polar surface area (TPSA) is 46.9 Å². The third-order valence-corrected chi connectivity index (χ3v) is 1.89. The second kappa shape index (κ2) is 4.07. The minimum Gasteiger partial charge on any atom is -0.350 e. The second-order valence-electron chi connectivity index (χ2n) is 3.06. The van der Waals surface area contributed by atoms with E-state index in [0.29, 0.717) is 13.0 Å². The number of amides is 1. The molecule has 1 aromatic rings. The van der Waals surface area contributed by atoms with Gasteiger partial charge in [-0.1, -0.05) is 6.92 Å². The summed E-state index contributed by atoms with van der Waals surface area (Å²) < 4.78 is 1.75. The molecule has 1 rings (SSSR count). The molecular formula is C9H15N3O. The molecule has 0 saturated heterocycles. The number of nitrogens with one attached hydrogen (secondary N) is 1. The van der Waals surface area contributed by atoms with Crippen molar-refractivity contribution < 1.29 is 4.79 Å². The number of hydrogen-bond acceptors (Lipinski definition) is 2. The fourth-order valence-electron chi connectivity index (χ4n) is 1.13. The van der Waals surface area contributed by atoms with E-state index in [1.807, 2.05) is 27.1 Å². The van der Waals surface area contributed by atoms with Crippen LogP contribution in [-0.2, 0) is 18.4 Å². The monoisotopic (exact) mass is 181 g/mol. The van der Waals surface area contributed by atoms with E-state index in [2.05, 4.69) is 10.4 Å². The molecule has 0 bridgehead atoms. The molecule has 0 radical (unpaired) electrons. The lowest BCUT2D eigenvalue weighted by Gasteiger charge is -2.00. The maximum atomic E-state index is 11.0. The van der Waals surface area contributed by atoms with E-state index < -0.39 is 0 Å². The molecule has 1 heterocycles. The Bertz CT molecular complexity index is 304. The summed E-state index contributed by atoms with van der Waals surface area (Å²) in [5.74, 6) is 0.0602. The molecule has 72 valence electrons. The Labute approximate surface area is 77.9 Å². The van der Waals surface area contributed by atoms with Gasteiger partial charge >= 0.3 is 0 Å². The summed E-state index contributed by atoms with van der Waals surface area (Å²) in [6.07, 6.45) is 2.46. The highest BCUT2D eigenvalue weighted by molar-refractivity contribution is 5.75. The quantitative estimate of drug-likeness (QED) is 0.748. The van der Waals surface area contributed by atoms with E-state index >= 15 is 0 Å². The smallest absolute Gasteiger partial charge is 0.220 e. The Morgan fingerprint density at radius 3 is 2.85 bits per heavy atom. The van der Waals surface area contributed by atoms with Crippen LogP contribution in [0, 0.1) is 6.92 Å². The molecule has 4 nitrogen and oxygen atoms in total. The molecular weight excluding hydrogens is 166 g/mol. The van der Waals surface area contributed by atoms with Crippen molar-refractivity contribution in [1.29, 1.82) is 0 Å². The fourth-order valence-corrected chi connectivity index (χ4v) is 1.13. The Kier molecular flexibility index (Phi) is 3.06. The van der Waals surface area contributed by atoms with Gasteiger partial charge in [0, 0.05) is 19.7 Å². The van der Waals surface area contributed by atoms with E-state index in [0.717, 1.165) is 11.3 Å². The predicted molar refractivity (Wildman–Crippen MR) is 50.1 cm³/mol. The molecule has 0 aliphatic rings. The summed E-state index contributed by atoms with van der Waals surface area (Å²) in [6.45, 7) is 4.35. The minimum absolute atomic E-state index is 0.0602. The summed E-state index contributed by atoms with van der Waals surface area (Å²) in [4.78, 5) is 11.0. The standard InChI is InChI=1S/C9H15N3O/c1-4-9(13)10-5-8-7(2)6-12(3)11-8/h6H,4-5H2,1-3H3,(H,10,13). The van der Waals surface area contributed by atoms with Gasteiger partial charge < -0.3 is 5.32 Å². The SMILES string of the molecule is CCC(=O)NCc1nn(C)cc1C. The van der Waals surface area contributed by atoms with Crippen LogP contribution >= 0.6 is 0 Å². The second-order valence-corrected chi connectivity index (χ2v) is 3.06. The van der Waals surface area contributed by atoms with Crippen molar-refractivity contribution in [3.8, 4) is 0 Å². The van der Waals surface area contributed by atoms with Crippen molar-refractivity contribution in [3.63, 3.8) is 0 Å². The first-order valence-corrected chi connectivity index (χ1v) is 4.39. The molecule has 0 aliphatic carbocycles. The number of aromatic nitrogens is 2. The summed E-state index contributed by atoms with van der Waals surface area (Å²) >= 11 is 0. The molecule has 1 aromatic heterocycles. The molecule has 4 heteroatoms. The zero-order valence-corrected chi connectivity index (χ0v) is 8.29. The van der Waals surface area contributed by atoms with Crippen molar-refractivity contribution in [2.75, 3.05) is 0 Å². The van der Waals surface area contributed by atoms with Crippen molar-refractivity contribution in [2.45, 2.75) is 26.8 Å². The highest BCUT2D eigenvalue weighted by atomic mass is 16.1. The van der Waals surface area contributed by atoms with Crippen molar-refractivity contribution >= 4 is 5.91 Å². The van der Waals surface area contributed by atoms with Crippen LogP contribution in [0.3, 0.4) is 0 Å². The molecule has 0 fully saturated rings. The van der Waals surface area contributed by atoms with Gasteiger partial charge in [-0.2, -0.15) is 5.10 Å². The highest BCUT2D eigenvalue weighted by Gasteiger charge is 2.03. The van der Waals surface area contributed by atoms with E-state index in [1.54, 1.807) is 4.68 Å². The van der Waals surface area contributed by atoms with Crippen LogP contribution in [0.1, 0.15) is 24.6 Å². The number of carbonyl (C=O) groups is 1. The third kappa shape index (κ3) is 2.57. The average Bonchev–Trinajstić information content (AvgIpc) is 2.41. The molecule has 0 aliphatic heterocycles. The average molecular weight is 181 g/mol. The van der Waals surface area contributed by atoms with Crippen LogP contribution in [0.15, 0.2) is 6.20 Å². The number of hydrogen-bond donors (Lipinski definition) is 1. The summed E-state index contributed by atoms with van der Waals surface area (Å²) in [5.41, 5.74) is 2.04. The van der Waals surface area contributed by atoms with Gasteiger partial charge in [-0.15, -0.1) is 0 Å². The van der Waals surface area contributed by atoms with E-state index in [9.17, 15) is 4.79 Å². The molecule has 13 heavy (non-hydrogen) atoms. The van der Waals surface area contributed by atoms with E-state index in [-0.39, 0.29) is 5.91 Å². The normalized spacial score (nSPS) is 10.1. The van der Waals surface area contributed by atoms with Crippen molar-refractivity contribution in [1.82, 2.24) is 15.1 Å². The van der Waals surface area contributed by atoms with E-state index in [1.165, 1.54) is 0 Å².